The summed E-state index contributed by atoms with van der Waals surface area (Å²) in [7, 11) is 0. The standard InChI is InChI=1S/C19H29N3O2/c1-14(2)17(18(23)20-15-10-6-3-4-7-11-15)22-19(24)21-16-12-8-5-9-13-16/h5,8-9,12-15,17H,3-4,6-7,10-11H2,1-2H3,(H,20,23)(H2,21,22,24)/t17-/m0/s1. The molecule has 1 aromatic carbocycles. The number of carbonyl (C=O) groups is 2. The Bertz CT molecular complexity index is 523. The van der Waals surface area contributed by atoms with Gasteiger partial charge in [-0.05, 0) is 30.9 Å². The second-order valence-corrected chi connectivity index (χ2v) is 6.88. The number of para-hydroxylation sites is 1. The third-order valence-electron chi connectivity index (χ3n) is 4.47. The van der Waals surface area contributed by atoms with Gasteiger partial charge in [0, 0.05) is 11.7 Å². The zero-order valence-corrected chi connectivity index (χ0v) is 14.7. The molecule has 0 radical (unpaired) electrons. The highest BCUT2D eigenvalue weighted by molar-refractivity contribution is 5.93. The molecule has 1 atom stereocenters. The van der Waals surface area contributed by atoms with Gasteiger partial charge in [-0.1, -0.05) is 57.7 Å². The molecule has 1 aromatic rings. The molecule has 0 unspecified atom stereocenters. The van der Waals surface area contributed by atoms with Crippen molar-refractivity contribution in [3.63, 3.8) is 0 Å². The van der Waals surface area contributed by atoms with Crippen molar-refractivity contribution in [3.8, 4) is 0 Å². The van der Waals surface area contributed by atoms with Crippen molar-refractivity contribution in [3.05, 3.63) is 30.3 Å². The lowest BCUT2D eigenvalue weighted by Gasteiger charge is -2.25. The van der Waals surface area contributed by atoms with Gasteiger partial charge in [-0.15, -0.1) is 0 Å². The van der Waals surface area contributed by atoms with E-state index in [-0.39, 0.29) is 23.9 Å². The monoisotopic (exact) mass is 331 g/mol. The van der Waals surface area contributed by atoms with Crippen molar-refractivity contribution in [2.75, 3.05) is 5.32 Å². The summed E-state index contributed by atoms with van der Waals surface area (Å²) < 4.78 is 0. The van der Waals surface area contributed by atoms with Gasteiger partial charge in [0.25, 0.3) is 0 Å². The smallest absolute Gasteiger partial charge is 0.319 e. The van der Waals surface area contributed by atoms with Crippen molar-refractivity contribution in [2.24, 2.45) is 5.92 Å². The van der Waals surface area contributed by atoms with Crippen LogP contribution in [0.1, 0.15) is 52.4 Å². The Balaban J connectivity index is 1.90. The lowest BCUT2D eigenvalue weighted by Crippen LogP contribution is -2.53. The van der Waals surface area contributed by atoms with Gasteiger partial charge in [0.1, 0.15) is 6.04 Å². The number of rotatable bonds is 5. The van der Waals surface area contributed by atoms with Gasteiger partial charge < -0.3 is 16.0 Å². The third-order valence-corrected chi connectivity index (χ3v) is 4.47. The molecule has 0 spiro atoms. The van der Waals surface area contributed by atoms with Gasteiger partial charge in [0.15, 0.2) is 0 Å². The summed E-state index contributed by atoms with van der Waals surface area (Å²) in [6.07, 6.45) is 6.90. The minimum atomic E-state index is -0.531. The molecule has 1 fully saturated rings. The van der Waals surface area contributed by atoms with Gasteiger partial charge in [0.05, 0.1) is 0 Å². The van der Waals surface area contributed by atoms with Gasteiger partial charge in [-0.2, -0.15) is 0 Å². The fourth-order valence-electron chi connectivity index (χ4n) is 3.08. The quantitative estimate of drug-likeness (QED) is 0.720. The fourth-order valence-corrected chi connectivity index (χ4v) is 3.08. The maximum absolute atomic E-state index is 12.6. The highest BCUT2D eigenvalue weighted by atomic mass is 16.2. The van der Waals surface area contributed by atoms with Crippen LogP contribution in [0, 0.1) is 5.92 Å². The van der Waals surface area contributed by atoms with Crippen LogP contribution in [0.5, 0.6) is 0 Å². The summed E-state index contributed by atoms with van der Waals surface area (Å²) in [5.41, 5.74) is 0.710. The van der Waals surface area contributed by atoms with Gasteiger partial charge >= 0.3 is 6.03 Å². The van der Waals surface area contributed by atoms with Crippen LogP contribution < -0.4 is 16.0 Å². The van der Waals surface area contributed by atoms with Crippen LogP contribution in [-0.2, 0) is 4.79 Å². The molecule has 1 saturated carbocycles. The van der Waals surface area contributed by atoms with E-state index < -0.39 is 6.04 Å². The number of anilines is 1. The summed E-state index contributed by atoms with van der Waals surface area (Å²) in [4.78, 5) is 24.8. The Morgan fingerprint density at radius 1 is 1.00 bits per heavy atom. The highest BCUT2D eigenvalue weighted by Gasteiger charge is 2.26. The molecule has 24 heavy (non-hydrogen) atoms. The Morgan fingerprint density at radius 3 is 2.21 bits per heavy atom. The predicted molar refractivity (Wildman–Crippen MR) is 96.9 cm³/mol. The predicted octanol–water partition coefficient (Wildman–Crippen LogP) is 3.67. The first-order valence-electron chi connectivity index (χ1n) is 8.99. The van der Waals surface area contributed by atoms with Crippen LogP contribution in [0.25, 0.3) is 0 Å². The van der Waals surface area contributed by atoms with Crippen molar-refractivity contribution in [1.82, 2.24) is 10.6 Å². The van der Waals surface area contributed by atoms with Gasteiger partial charge in [-0.3, -0.25) is 4.79 Å². The number of urea groups is 1. The number of hydrogen-bond donors (Lipinski definition) is 3. The molecule has 0 heterocycles. The molecule has 0 aromatic heterocycles. The Labute approximate surface area is 144 Å². The van der Waals surface area contributed by atoms with Crippen LogP contribution in [0.4, 0.5) is 10.5 Å². The first-order chi connectivity index (χ1) is 11.6. The van der Waals surface area contributed by atoms with E-state index in [4.69, 9.17) is 0 Å². The van der Waals surface area contributed by atoms with E-state index in [1.54, 1.807) is 0 Å². The molecule has 5 heteroatoms. The number of hydrogen-bond acceptors (Lipinski definition) is 2. The largest absolute Gasteiger partial charge is 0.352 e. The molecule has 2 rings (SSSR count). The minimum Gasteiger partial charge on any atom is -0.352 e. The van der Waals surface area contributed by atoms with E-state index in [2.05, 4.69) is 16.0 Å². The molecule has 0 saturated heterocycles. The summed E-state index contributed by atoms with van der Waals surface area (Å²) in [5.74, 6) is -0.0580. The van der Waals surface area contributed by atoms with E-state index in [0.717, 1.165) is 12.8 Å². The van der Waals surface area contributed by atoms with Crippen LogP contribution in [0.2, 0.25) is 0 Å². The lowest BCUT2D eigenvalue weighted by molar-refractivity contribution is -0.124. The van der Waals surface area contributed by atoms with E-state index in [1.807, 2.05) is 44.2 Å². The van der Waals surface area contributed by atoms with Crippen molar-refractivity contribution >= 4 is 17.6 Å². The molecule has 5 nitrogen and oxygen atoms in total. The molecule has 3 amide bonds. The fraction of sp³-hybridized carbons (Fsp3) is 0.579. The third kappa shape index (κ3) is 5.87. The highest BCUT2D eigenvalue weighted by Crippen LogP contribution is 2.17. The normalized spacial score (nSPS) is 17.0. The van der Waals surface area contributed by atoms with E-state index in [9.17, 15) is 9.59 Å². The van der Waals surface area contributed by atoms with Crippen molar-refractivity contribution in [1.29, 1.82) is 0 Å². The SMILES string of the molecule is CC(C)[C@H](NC(=O)Nc1ccccc1)C(=O)NC1CCCCCC1. The zero-order valence-electron chi connectivity index (χ0n) is 14.7. The first-order valence-corrected chi connectivity index (χ1v) is 8.99. The summed E-state index contributed by atoms with van der Waals surface area (Å²) >= 11 is 0. The molecule has 0 aliphatic heterocycles. The molecule has 1 aliphatic rings. The van der Waals surface area contributed by atoms with Gasteiger partial charge in [0.2, 0.25) is 5.91 Å². The van der Waals surface area contributed by atoms with Gasteiger partial charge in [-0.25, -0.2) is 4.79 Å². The molecular weight excluding hydrogens is 302 g/mol. The second-order valence-electron chi connectivity index (χ2n) is 6.88. The average molecular weight is 331 g/mol. The summed E-state index contributed by atoms with van der Waals surface area (Å²) in [5, 5.41) is 8.70. The number of carbonyl (C=O) groups excluding carboxylic acids is 2. The Hall–Kier alpha value is -2.04. The lowest BCUT2D eigenvalue weighted by atomic mass is 10.0. The van der Waals surface area contributed by atoms with Crippen LogP contribution in [0.3, 0.4) is 0 Å². The van der Waals surface area contributed by atoms with Crippen LogP contribution >= 0.6 is 0 Å². The van der Waals surface area contributed by atoms with E-state index in [0.29, 0.717) is 5.69 Å². The molecule has 132 valence electrons. The molecule has 1 aliphatic carbocycles. The molecule has 0 bridgehead atoms. The topological polar surface area (TPSA) is 70.2 Å². The number of nitrogens with one attached hydrogen (secondary N) is 3. The van der Waals surface area contributed by atoms with E-state index >= 15 is 0 Å². The number of amides is 3. The maximum Gasteiger partial charge on any atom is 0.319 e. The van der Waals surface area contributed by atoms with Crippen LogP contribution in [-0.4, -0.2) is 24.0 Å². The maximum atomic E-state index is 12.6. The minimum absolute atomic E-state index is 0.0253. The van der Waals surface area contributed by atoms with E-state index in [1.165, 1.54) is 25.7 Å². The summed E-state index contributed by atoms with van der Waals surface area (Å²) in [6, 6.07) is 8.58. The number of benzene rings is 1. The zero-order chi connectivity index (χ0) is 17.4. The summed E-state index contributed by atoms with van der Waals surface area (Å²) in [6.45, 7) is 3.89. The van der Waals surface area contributed by atoms with Crippen molar-refractivity contribution in [2.45, 2.75) is 64.5 Å². The second kappa shape index (κ2) is 9.30. The van der Waals surface area contributed by atoms with Crippen molar-refractivity contribution < 1.29 is 9.59 Å². The first kappa shape index (κ1) is 18.3. The average Bonchev–Trinajstić information content (AvgIpc) is 2.82. The van der Waals surface area contributed by atoms with Crippen LogP contribution in [0.15, 0.2) is 30.3 Å². The molecular formula is C19H29N3O2. The Kier molecular flexibility index (Phi) is 7.09. The molecule has 3 N–H and O–H groups in total. The Morgan fingerprint density at radius 2 is 1.62 bits per heavy atom.